The zero-order valence-electron chi connectivity index (χ0n) is 16.4. The van der Waals surface area contributed by atoms with Gasteiger partial charge < -0.3 is 14.2 Å². The second-order valence-electron chi connectivity index (χ2n) is 6.60. The Bertz CT molecular complexity index is 756. The van der Waals surface area contributed by atoms with Crippen LogP contribution in [-0.4, -0.2) is 35.7 Å². The Morgan fingerprint density at radius 1 is 0.750 bits per heavy atom. The summed E-state index contributed by atoms with van der Waals surface area (Å²) in [6.45, 7) is 6.00. The van der Waals surface area contributed by atoms with Crippen LogP contribution in [0, 0.1) is 0 Å². The molecule has 2 aromatic carbocycles. The SMILES string of the molecule is CC(=O)OC(C)(C(C)OC(=O)c1ccccc1)C(C)OC(=O)c1ccccc1. The zero-order valence-corrected chi connectivity index (χ0v) is 16.4. The monoisotopic (exact) mass is 384 g/mol. The third kappa shape index (κ3) is 5.19. The van der Waals surface area contributed by atoms with Gasteiger partial charge in [-0.2, -0.15) is 0 Å². The molecule has 148 valence electrons. The number of esters is 3. The minimum absolute atomic E-state index is 0.369. The van der Waals surface area contributed by atoms with Crippen molar-refractivity contribution < 1.29 is 28.6 Å². The van der Waals surface area contributed by atoms with Crippen LogP contribution in [0.2, 0.25) is 0 Å². The Morgan fingerprint density at radius 3 is 1.43 bits per heavy atom. The minimum Gasteiger partial charge on any atom is -0.455 e. The van der Waals surface area contributed by atoms with Gasteiger partial charge in [-0.05, 0) is 45.0 Å². The molecule has 2 unspecified atom stereocenters. The fourth-order valence-corrected chi connectivity index (χ4v) is 2.65. The first-order valence-corrected chi connectivity index (χ1v) is 8.95. The second-order valence-corrected chi connectivity index (χ2v) is 6.60. The van der Waals surface area contributed by atoms with Crippen LogP contribution in [0.4, 0.5) is 0 Å². The summed E-state index contributed by atoms with van der Waals surface area (Å²) in [6, 6.07) is 16.9. The highest BCUT2D eigenvalue weighted by molar-refractivity contribution is 5.90. The van der Waals surface area contributed by atoms with Crippen molar-refractivity contribution in [3.05, 3.63) is 71.8 Å². The lowest BCUT2D eigenvalue weighted by atomic mass is 9.93. The van der Waals surface area contributed by atoms with Gasteiger partial charge in [0.05, 0.1) is 11.1 Å². The van der Waals surface area contributed by atoms with Gasteiger partial charge in [0, 0.05) is 6.92 Å². The van der Waals surface area contributed by atoms with Crippen molar-refractivity contribution in [1.29, 1.82) is 0 Å². The third-order valence-electron chi connectivity index (χ3n) is 4.56. The van der Waals surface area contributed by atoms with Gasteiger partial charge in [0.2, 0.25) is 0 Å². The second kappa shape index (κ2) is 9.17. The summed E-state index contributed by atoms with van der Waals surface area (Å²) in [5.41, 5.74) is -0.636. The summed E-state index contributed by atoms with van der Waals surface area (Å²) in [5.74, 6) is -1.70. The summed E-state index contributed by atoms with van der Waals surface area (Å²) < 4.78 is 16.4. The first-order valence-electron chi connectivity index (χ1n) is 8.95. The summed E-state index contributed by atoms with van der Waals surface area (Å²) >= 11 is 0. The number of carbonyl (C=O) groups is 3. The van der Waals surface area contributed by atoms with Crippen LogP contribution < -0.4 is 0 Å². The van der Waals surface area contributed by atoms with Gasteiger partial charge in [-0.3, -0.25) is 4.79 Å². The molecule has 0 aliphatic rings. The van der Waals surface area contributed by atoms with E-state index in [2.05, 4.69) is 0 Å². The average molecular weight is 384 g/mol. The molecule has 0 aromatic heterocycles. The van der Waals surface area contributed by atoms with Crippen LogP contribution in [-0.2, 0) is 19.0 Å². The fourth-order valence-electron chi connectivity index (χ4n) is 2.65. The van der Waals surface area contributed by atoms with Crippen molar-refractivity contribution in [3.8, 4) is 0 Å². The highest BCUT2D eigenvalue weighted by Gasteiger charge is 2.45. The molecule has 0 aliphatic heterocycles. The van der Waals surface area contributed by atoms with Gasteiger partial charge in [-0.25, -0.2) is 9.59 Å². The minimum atomic E-state index is -1.37. The van der Waals surface area contributed by atoms with Crippen molar-refractivity contribution >= 4 is 17.9 Å². The van der Waals surface area contributed by atoms with Crippen molar-refractivity contribution in [3.63, 3.8) is 0 Å². The Labute approximate surface area is 164 Å². The Balaban J connectivity index is 2.17. The van der Waals surface area contributed by atoms with E-state index in [9.17, 15) is 14.4 Å². The summed E-state index contributed by atoms with van der Waals surface area (Å²) in [5, 5.41) is 0. The van der Waals surface area contributed by atoms with Crippen LogP contribution in [0.25, 0.3) is 0 Å². The molecule has 0 N–H and O–H groups in total. The molecule has 0 saturated carbocycles. The topological polar surface area (TPSA) is 78.9 Å². The van der Waals surface area contributed by atoms with Gasteiger partial charge in [0.15, 0.2) is 5.60 Å². The van der Waals surface area contributed by atoms with Gasteiger partial charge in [0.1, 0.15) is 12.2 Å². The van der Waals surface area contributed by atoms with Crippen LogP contribution in [0.1, 0.15) is 48.4 Å². The van der Waals surface area contributed by atoms with Gasteiger partial charge in [-0.15, -0.1) is 0 Å². The standard InChI is InChI=1S/C22H24O6/c1-15(26-20(24)18-11-7-5-8-12-18)22(4,28-17(3)23)16(2)27-21(25)19-13-9-6-10-14-19/h5-16H,1-4H3. The molecule has 0 radical (unpaired) electrons. The predicted octanol–water partition coefficient (Wildman–Crippen LogP) is 3.80. The van der Waals surface area contributed by atoms with Gasteiger partial charge in [0.25, 0.3) is 0 Å². The van der Waals surface area contributed by atoms with E-state index < -0.39 is 35.7 Å². The van der Waals surface area contributed by atoms with Gasteiger partial charge >= 0.3 is 17.9 Å². The Morgan fingerprint density at radius 2 is 1.11 bits per heavy atom. The van der Waals surface area contributed by atoms with Crippen LogP contribution in [0.5, 0.6) is 0 Å². The first-order chi connectivity index (χ1) is 13.2. The Kier molecular flexibility index (Phi) is 6.93. The number of rotatable bonds is 7. The summed E-state index contributed by atoms with van der Waals surface area (Å²) in [6.07, 6.45) is -1.75. The van der Waals surface area contributed by atoms with Crippen LogP contribution in [0.15, 0.2) is 60.7 Å². The Hall–Kier alpha value is -3.15. The lowest BCUT2D eigenvalue weighted by Gasteiger charge is -2.38. The third-order valence-corrected chi connectivity index (χ3v) is 4.56. The molecule has 6 heteroatoms. The smallest absolute Gasteiger partial charge is 0.338 e. The quantitative estimate of drug-likeness (QED) is 0.534. The maximum Gasteiger partial charge on any atom is 0.338 e. The lowest BCUT2D eigenvalue weighted by Crippen LogP contribution is -2.53. The molecule has 0 fully saturated rings. The molecule has 0 saturated heterocycles. The molecule has 28 heavy (non-hydrogen) atoms. The van der Waals surface area contributed by atoms with E-state index in [1.54, 1.807) is 81.4 Å². The fraction of sp³-hybridized carbons (Fsp3) is 0.318. The van der Waals surface area contributed by atoms with E-state index >= 15 is 0 Å². The molecular formula is C22H24O6. The van der Waals surface area contributed by atoms with Crippen molar-refractivity contribution in [2.24, 2.45) is 0 Å². The molecule has 6 nitrogen and oxygen atoms in total. The van der Waals surface area contributed by atoms with E-state index in [-0.39, 0.29) is 0 Å². The largest absolute Gasteiger partial charge is 0.455 e. The predicted molar refractivity (Wildman–Crippen MR) is 103 cm³/mol. The van der Waals surface area contributed by atoms with Crippen molar-refractivity contribution in [2.45, 2.75) is 45.5 Å². The molecule has 0 aliphatic carbocycles. The zero-order chi connectivity index (χ0) is 20.7. The van der Waals surface area contributed by atoms with E-state index in [1.807, 2.05) is 0 Å². The lowest BCUT2D eigenvalue weighted by molar-refractivity contribution is -0.185. The molecule has 2 atom stereocenters. The van der Waals surface area contributed by atoms with E-state index in [4.69, 9.17) is 14.2 Å². The highest BCUT2D eigenvalue weighted by atomic mass is 16.6. The van der Waals surface area contributed by atoms with E-state index in [1.165, 1.54) is 6.92 Å². The van der Waals surface area contributed by atoms with E-state index in [0.717, 1.165) is 0 Å². The number of ether oxygens (including phenoxy) is 3. The maximum atomic E-state index is 12.4. The normalized spacial score (nSPS) is 14.9. The first kappa shape index (κ1) is 21.2. The molecule has 0 amide bonds. The number of carbonyl (C=O) groups excluding carboxylic acids is 3. The van der Waals surface area contributed by atoms with Crippen LogP contribution in [0.3, 0.4) is 0 Å². The average Bonchev–Trinajstić information content (AvgIpc) is 2.68. The molecule has 2 rings (SSSR count). The number of hydrogen-bond donors (Lipinski definition) is 0. The number of benzene rings is 2. The van der Waals surface area contributed by atoms with Crippen molar-refractivity contribution in [1.82, 2.24) is 0 Å². The van der Waals surface area contributed by atoms with Crippen molar-refractivity contribution in [2.75, 3.05) is 0 Å². The van der Waals surface area contributed by atoms with E-state index in [0.29, 0.717) is 11.1 Å². The van der Waals surface area contributed by atoms with Gasteiger partial charge in [-0.1, -0.05) is 36.4 Å². The maximum absolute atomic E-state index is 12.4. The van der Waals surface area contributed by atoms with Crippen LogP contribution >= 0.6 is 0 Å². The molecule has 2 aromatic rings. The molecule has 0 spiro atoms. The number of hydrogen-bond acceptors (Lipinski definition) is 6. The highest BCUT2D eigenvalue weighted by Crippen LogP contribution is 2.27. The molecular weight excluding hydrogens is 360 g/mol. The molecule has 0 heterocycles. The summed E-state index contributed by atoms with van der Waals surface area (Å²) in [7, 11) is 0. The summed E-state index contributed by atoms with van der Waals surface area (Å²) in [4.78, 5) is 36.4. The molecule has 0 bridgehead atoms.